The van der Waals surface area contributed by atoms with Crippen molar-refractivity contribution in [3.63, 3.8) is 0 Å². The zero-order valence-corrected chi connectivity index (χ0v) is 11.9. The van der Waals surface area contributed by atoms with Crippen LogP contribution in [0.15, 0.2) is 36.7 Å². The number of rotatable bonds is 4. The van der Waals surface area contributed by atoms with Crippen LogP contribution >= 0.6 is 0 Å². The van der Waals surface area contributed by atoms with Crippen LogP contribution in [0.25, 0.3) is 5.69 Å². The third-order valence-corrected chi connectivity index (χ3v) is 3.22. The van der Waals surface area contributed by atoms with Crippen LogP contribution < -0.4 is 5.73 Å². The molecule has 0 aliphatic rings. The number of nitrogens with two attached hydrogens (primary N) is 1. The Morgan fingerprint density at radius 2 is 1.81 bits per heavy atom. The molecule has 0 radical (unpaired) electrons. The molecule has 6 heteroatoms. The van der Waals surface area contributed by atoms with E-state index in [1.54, 1.807) is 12.1 Å². The first-order valence-corrected chi connectivity index (χ1v) is 6.75. The van der Waals surface area contributed by atoms with E-state index in [1.165, 1.54) is 4.68 Å². The molecule has 1 aromatic carbocycles. The summed E-state index contributed by atoms with van der Waals surface area (Å²) in [5.41, 5.74) is 6.86. The van der Waals surface area contributed by atoms with Crippen LogP contribution in [0.2, 0.25) is 0 Å². The van der Waals surface area contributed by atoms with E-state index in [9.17, 15) is 13.2 Å². The number of alkyl halides is 3. The highest BCUT2D eigenvalue weighted by molar-refractivity contribution is 5.35. The molecule has 1 heterocycles. The largest absolute Gasteiger partial charge is 0.419 e. The van der Waals surface area contributed by atoms with Gasteiger partial charge in [0.15, 0.2) is 0 Å². The van der Waals surface area contributed by atoms with Gasteiger partial charge in [0.05, 0.1) is 17.4 Å². The molecule has 0 fully saturated rings. The average Bonchev–Trinajstić information content (AvgIpc) is 2.87. The second kappa shape index (κ2) is 5.89. The summed E-state index contributed by atoms with van der Waals surface area (Å²) in [7, 11) is 0. The second-order valence-electron chi connectivity index (χ2n) is 5.50. The fraction of sp³-hybridized carbons (Fsp3) is 0.400. The quantitative estimate of drug-likeness (QED) is 0.929. The number of benzene rings is 1. The van der Waals surface area contributed by atoms with Gasteiger partial charge in [-0.05, 0) is 30.0 Å². The van der Waals surface area contributed by atoms with Crippen molar-refractivity contribution in [3.8, 4) is 5.69 Å². The summed E-state index contributed by atoms with van der Waals surface area (Å²) >= 11 is 0. The third kappa shape index (κ3) is 3.85. The normalized spacial score (nSPS) is 13.7. The summed E-state index contributed by atoms with van der Waals surface area (Å²) in [6.07, 6.45) is -1.72. The summed E-state index contributed by atoms with van der Waals surface area (Å²) in [5.74, 6) is 0.486. The molecule has 2 aromatic rings. The van der Waals surface area contributed by atoms with Crippen LogP contribution in [0.5, 0.6) is 0 Å². The Morgan fingerprint density at radius 3 is 2.29 bits per heavy atom. The predicted octanol–water partition coefficient (Wildman–Crippen LogP) is 3.94. The van der Waals surface area contributed by atoms with Crippen LogP contribution in [-0.2, 0) is 6.18 Å². The van der Waals surface area contributed by atoms with Crippen LogP contribution in [0.3, 0.4) is 0 Å². The lowest BCUT2D eigenvalue weighted by Crippen LogP contribution is -2.12. The summed E-state index contributed by atoms with van der Waals surface area (Å²) in [6.45, 7) is 4.19. The number of halogens is 3. The molecule has 0 aliphatic heterocycles. The van der Waals surface area contributed by atoms with Gasteiger partial charge in [0, 0.05) is 12.2 Å². The van der Waals surface area contributed by atoms with Crippen molar-refractivity contribution in [2.45, 2.75) is 32.5 Å². The van der Waals surface area contributed by atoms with Crippen molar-refractivity contribution in [1.29, 1.82) is 0 Å². The lowest BCUT2D eigenvalue weighted by atomic mass is 9.98. The van der Waals surface area contributed by atoms with Crippen molar-refractivity contribution in [3.05, 3.63) is 47.8 Å². The highest BCUT2D eigenvalue weighted by Crippen LogP contribution is 2.29. The Labute approximate surface area is 121 Å². The average molecular weight is 297 g/mol. The van der Waals surface area contributed by atoms with E-state index >= 15 is 0 Å². The smallest absolute Gasteiger partial charge is 0.324 e. The molecular formula is C15H18F3N3. The molecule has 0 aliphatic carbocycles. The van der Waals surface area contributed by atoms with Crippen LogP contribution in [-0.4, -0.2) is 9.78 Å². The second-order valence-corrected chi connectivity index (χ2v) is 5.50. The maximum Gasteiger partial charge on any atom is 0.419 e. The van der Waals surface area contributed by atoms with Gasteiger partial charge in [-0.1, -0.05) is 26.0 Å². The van der Waals surface area contributed by atoms with Crippen molar-refractivity contribution in [2.75, 3.05) is 0 Å². The minimum atomic E-state index is -4.38. The van der Waals surface area contributed by atoms with E-state index in [0.29, 0.717) is 11.6 Å². The van der Waals surface area contributed by atoms with Gasteiger partial charge in [-0.2, -0.15) is 18.3 Å². The van der Waals surface area contributed by atoms with Gasteiger partial charge in [0.25, 0.3) is 0 Å². The topological polar surface area (TPSA) is 43.8 Å². The molecule has 1 atom stereocenters. The Morgan fingerprint density at radius 1 is 1.19 bits per heavy atom. The van der Waals surface area contributed by atoms with Gasteiger partial charge in [-0.25, -0.2) is 4.68 Å². The van der Waals surface area contributed by atoms with Gasteiger partial charge in [0.2, 0.25) is 0 Å². The molecule has 1 aromatic heterocycles. The van der Waals surface area contributed by atoms with E-state index < -0.39 is 11.7 Å². The van der Waals surface area contributed by atoms with Gasteiger partial charge in [0.1, 0.15) is 0 Å². The molecular weight excluding hydrogens is 279 g/mol. The summed E-state index contributed by atoms with van der Waals surface area (Å²) in [4.78, 5) is 0. The summed E-state index contributed by atoms with van der Waals surface area (Å²) < 4.78 is 38.8. The van der Waals surface area contributed by atoms with Crippen LogP contribution in [0.1, 0.15) is 37.4 Å². The molecule has 0 unspecified atom stereocenters. The molecule has 2 N–H and O–H groups in total. The van der Waals surface area contributed by atoms with Crippen LogP contribution in [0.4, 0.5) is 13.2 Å². The van der Waals surface area contributed by atoms with Crippen molar-refractivity contribution in [2.24, 2.45) is 11.7 Å². The number of hydrogen-bond acceptors (Lipinski definition) is 2. The van der Waals surface area contributed by atoms with E-state index in [2.05, 4.69) is 18.9 Å². The van der Waals surface area contributed by atoms with E-state index in [1.807, 2.05) is 12.1 Å². The predicted molar refractivity (Wildman–Crippen MR) is 74.9 cm³/mol. The van der Waals surface area contributed by atoms with Gasteiger partial charge in [-0.15, -0.1) is 0 Å². The zero-order chi connectivity index (χ0) is 15.6. The third-order valence-electron chi connectivity index (χ3n) is 3.22. The summed E-state index contributed by atoms with van der Waals surface area (Å²) in [6, 6.07) is 7.04. The monoisotopic (exact) mass is 297 g/mol. The highest BCUT2D eigenvalue weighted by atomic mass is 19.4. The fourth-order valence-corrected chi connectivity index (χ4v) is 2.13. The van der Waals surface area contributed by atoms with Crippen molar-refractivity contribution >= 4 is 0 Å². The Hall–Kier alpha value is -1.82. The number of nitrogens with zero attached hydrogens (tertiary/aromatic N) is 2. The molecule has 21 heavy (non-hydrogen) atoms. The van der Waals surface area contributed by atoms with Gasteiger partial charge >= 0.3 is 6.18 Å². The Kier molecular flexibility index (Phi) is 4.37. The highest BCUT2D eigenvalue weighted by Gasteiger charge is 2.32. The Bertz CT molecular complexity index is 585. The standard InChI is InChI=1S/C15H18F3N3/c1-10(2)7-14(19)11-3-5-13(6-4-11)21-9-12(8-20-21)15(16,17)18/h3-6,8-10,14H,7,19H2,1-2H3/t14-/m0/s1. The van der Waals surface area contributed by atoms with Crippen LogP contribution in [0, 0.1) is 5.92 Å². The minimum absolute atomic E-state index is 0.0672. The molecule has 0 bridgehead atoms. The maximum atomic E-state index is 12.5. The number of aromatic nitrogens is 2. The Balaban J connectivity index is 2.17. The maximum absolute atomic E-state index is 12.5. The number of hydrogen-bond donors (Lipinski definition) is 1. The molecule has 0 saturated heterocycles. The molecule has 0 amide bonds. The first-order valence-electron chi connectivity index (χ1n) is 6.75. The fourth-order valence-electron chi connectivity index (χ4n) is 2.13. The molecule has 3 nitrogen and oxygen atoms in total. The van der Waals surface area contributed by atoms with Crippen molar-refractivity contribution < 1.29 is 13.2 Å². The zero-order valence-electron chi connectivity index (χ0n) is 11.9. The van der Waals surface area contributed by atoms with E-state index in [4.69, 9.17) is 5.73 Å². The first kappa shape index (κ1) is 15.6. The minimum Gasteiger partial charge on any atom is -0.324 e. The molecule has 2 rings (SSSR count). The first-order chi connectivity index (χ1) is 9.77. The van der Waals surface area contributed by atoms with E-state index in [0.717, 1.165) is 24.4 Å². The van der Waals surface area contributed by atoms with Crippen molar-refractivity contribution in [1.82, 2.24) is 9.78 Å². The van der Waals surface area contributed by atoms with E-state index in [-0.39, 0.29) is 6.04 Å². The summed E-state index contributed by atoms with van der Waals surface area (Å²) in [5, 5.41) is 3.74. The lowest BCUT2D eigenvalue weighted by Gasteiger charge is -2.14. The van der Waals surface area contributed by atoms with Gasteiger partial charge in [-0.3, -0.25) is 0 Å². The van der Waals surface area contributed by atoms with Gasteiger partial charge < -0.3 is 5.73 Å². The molecule has 0 spiro atoms. The molecule has 0 saturated carbocycles. The molecule has 114 valence electrons. The SMILES string of the molecule is CC(C)C[C@H](N)c1ccc(-n2cc(C(F)(F)F)cn2)cc1. The lowest BCUT2D eigenvalue weighted by molar-refractivity contribution is -0.137.